The minimum absolute atomic E-state index is 0.137. The standard InChI is InChI=1S/C51H85N13O20/c1-7-8-9-10-11-12-13-20-40(70)56-39-29-84-43(73)26-54-45(74)34(17-14-21-62(81)31(4)67)55-41(71)24-53-47(76)37(27-65)59-48(77)36(19-16-23-64(83)33(6)69)58-49(78)38(28-66)60-51(80)44(30(2)3)61-42(72)25-52-46(75)35(57-50(39)79)18-15-22-63(82)32(5)68/h12-13,30,34-39,44,65-66,81-83H,7-11,14-29H2,1-6H3,(H,52,75)(H,53,76)(H,54,74)(H,55,71)(H,56,70)(H,57,79)(H,58,78)(H,59,77)(H,60,80)(H,61,72). The number of unbranched alkanes of at least 4 members (excludes halogenated alkanes) is 4. The lowest BCUT2D eigenvalue weighted by atomic mass is 10.0. The summed E-state index contributed by atoms with van der Waals surface area (Å²) < 4.78 is 5.28. The number of amides is 13. The van der Waals surface area contributed by atoms with Gasteiger partial charge in [-0.25, -0.2) is 15.2 Å². The number of hydroxylamine groups is 6. The van der Waals surface area contributed by atoms with E-state index in [0.29, 0.717) is 21.6 Å². The Morgan fingerprint density at radius 2 is 0.952 bits per heavy atom. The highest BCUT2D eigenvalue weighted by atomic mass is 16.5. The normalized spacial score (nSPS) is 21.8. The quantitative estimate of drug-likeness (QED) is 0.0150. The molecule has 7 unspecified atom stereocenters. The first-order chi connectivity index (χ1) is 39.6. The molecular weight excluding hydrogens is 1110 g/mol. The molecule has 0 saturated carbocycles. The lowest BCUT2D eigenvalue weighted by Crippen LogP contribution is -2.60. The Morgan fingerprint density at radius 3 is 1.44 bits per heavy atom. The summed E-state index contributed by atoms with van der Waals surface area (Å²) in [4.78, 5) is 184. The molecule has 0 bridgehead atoms. The van der Waals surface area contributed by atoms with Crippen molar-refractivity contribution in [2.45, 2.75) is 161 Å². The second kappa shape index (κ2) is 40.4. The molecule has 1 heterocycles. The number of rotatable bonds is 23. The van der Waals surface area contributed by atoms with Gasteiger partial charge in [-0.2, -0.15) is 0 Å². The van der Waals surface area contributed by atoms with Crippen molar-refractivity contribution in [2.24, 2.45) is 5.92 Å². The summed E-state index contributed by atoms with van der Waals surface area (Å²) >= 11 is 0. The molecule has 1 aliphatic rings. The molecule has 0 aromatic rings. The molecule has 84 heavy (non-hydrogen) atoms. The summed E-state index contributed by atoms with van der Waals surface area (Å²) in [6, 6.07) is -11.7. The Kier molecular flexibility index (Phi) is 35.6. The Balaban J connectivity index is 3.82. The zero-order valence-electron chi connectivity index (χ0n) is 48.3. The van der Waals surface area contributed by atoms with Crippen molar-refractivity contribution in [1.82, 2.24) is 68.4 Å². The first kappa shape index (κ1) is 74.1. The van der Waals surface area contributed by atoms with Gasteiger partial charge in [-0.1, -0.05) is 52.2 Å². The first-order valence-corrected chi connectivity index (χ1v) is 27.5. The van der Waals surface area contributed by atoms with Crippen molar-refractivity contribution in [2.75, 3.05) is 59.1 Å². The van der Waals surface area contributed by atoms with Crippen LogP contribution in [-0.2, 0) is 71.9 Å². The summed E-state index contributed by atoms with van der Waals surface area (Å²) in [7, 11) is 0. The van der Waals surface area contributed by atoms with E-state index in [4.69, 9.17) is 4.74 Å². The number of aliphatic hydroxyl groups is 2. The number of allylic oxidation sites excluding steroid dienone is 1. The van der Waals surface area contributed by atoms with Gasteiger partial charge in [0.1, 0.15) is 55.4 Å². The van der Waals surface area contributed by atoms with Crippen LogP contribution in [0.15, 0.2) is 12.2 Å². The summed E-state index contributed by atoms with van der Waals surface area (Å²) in [6.07, 6.45) is 6.09. The van der Waals surface area contributed by atoms with Gasteiger partial charge in [-0.15, -0.1) is 0 Å². The van der Waals surface area contributed by atoms with Gasteiger partial charge in [0.25, 0.3) is 0 Å². The monoisotopic (exact) mass is 1200 g/mol. The maximum Gasteiger partial charge on any atom is 0.325 e. The third-order valence-corrected chi connectivity index (χ3v) is 12.5. The fourth-order valence-electron chi connectivity index (χ4n) is 7.61. The third kappa shape index (κ3) is 29.9. The van der Waals surface area contributed by atoms with Crippen LogP contribution in [0.4, 0.5) is 0 Å². The zero-order valence-corrected chi connectivity index (χ0v) is 48.3. The van der Waals surface area contributed by atoms with E-state index in [0.717, 1.165) is 46.5 Å². The van der Waals surface area contributed by atoms with Crippen molar-refractivity contribution >= 4 is 82.8 Å². The first-order valence-electron chi connectivity index (χ1n) is 27.5. The topological polar surface area (TPSA) is 479 Å². The van der Waals surface area contributed by atoms with Crippen molar-refractivity contribution in [3.8, 4) is 0 Å². The number of hydrogen-bond acceptors (Lipinski definition) is 20. The Morgan fingerprint density at radius 1 is 0.536 bits per heavy atom. The minimum Gasteiger partial charge on any atom is -0.462 e. The SMILES string of the molecule is CCCCCCC=CCC(=O)NC1COC(=O)CNC(=O)C(CCCN(O)C(C)=O)NC(=O)CNC(=O)C(CO)NC(=O)C(CCCN(O)C(C)=O)NC(=O)C(CO)NC(=O)C(C(C)C)NC(=O)CNC(=O)C(CCCN(O)C(C)=O)NC1=O. The van der Waals surface area contributed by atoms with E-state index in [-0.39, 0.29) is 64.6 Å². The van der Waals surface area contributed by atoms with Crippen LogP contribution in [0, 0.1) is 5.92 Å². The molecule has 0 spiro atoms. The lowest BCUT2D eigenvalue weighted by Gasteiger charge is -2.27. The van der Waals surface area contributed by atoms with Gasteiger partial charge >= 0.3 is 5.97 Å². The molecule has 13 amide bonds. The van der Waals surface area contributed by atoms with E-state index in [9.17, 15) is 93.0 Å². The molecule has 0 radical (unpaired) electrons. The maximum atomic E-state index is 14.0. The number of esters is 1. The van der Waals surface area contributed by atoms with E-state index in [1.807, 2.05) is 0 Å². The van der Waals surface area contributed by atoms with Crippen molar-refractivity contribution in [3.63, 3.8) is 0 Å². The number of ether oxygens (including phenoxy) is 1. The average Bonchev–Trinajstić information content (AvgIpc) is 3.57. The largest absolute Gasteiger partial charge is 0.462 e. The van der Waals surface area contributed by atoms with Gasteiger partial charge < -0.3 is 68.1 Å². The summed E-state index contributed by atoms with van der Waals surface area (Å²) in [6.45, 7) is 1.27. The van der Waals surface area contributed by atoms with Gasteiger partial charge in [0.2, 0.25) is 76.8 Å². The van der Waals surface area contributed by atoms with Crippen LogP contribution in [0.1, 0.15) is 119 Å². The molecule has 0 aliphatic carbocycles. The Labute approximate surface area is 485 Å². The minimum atomic E-state index is -1.84. The number of cyclic esters (lactones) is 1. The van der Waals surface area contributed by atoms with Gasteiger partial charge in [0.15, 0.2) is 0 Å². The molecule has 1 saturated heterocycles. The highest BCUT2D eigenvalue weighted by Crippen LogP contribution is 2.08. The van der Waals surface area contributed by atoms with Gasteiger partial charge in [-0.3, -0.25) is 82.7 Å². The zero-order chi connectivity index (χ0) is 63.5. The summed E-state index contributed by atoms with van der Waals surface area (Å²) in [5.41, 5.74) is 0. The Hall–Kier alpha value is -7.88. The van der Waals surface area contributed by atoms with Crippen LogP contribution in [0.5, 0.6) is 0 Å². The van der Waals surface area contributed by atoms with E-state index < -0.39 is 170 Å². The molecular formula is C51H85N13O20. The van der Waals surface area contributed by atoms with Crippen molar-refractivity contribution < 1.29 is 97.7 Å². The highest BCUT2D eigenvalue weighted by Gasteiger charge is 2.34. The molecule has 33 nitrogen and oxygen atoms in total. The maximum absolute atomic E-state index is 14.0. The number of nitrogens with one attached hydrogen (secondary N) is 10. The molecule has 1 aliphatic heterocycles. The highest BCUT2D eigenvalue weighted by molar-refractivity contribution is 5.98. The molecule has 474 valence electrons. The van der Waals surface area contributed by atoms with Crippen LogP contribution >= 0.6 is 0 Å². The molecule has 1 fully saturated rings. The number of carbonyl (C=O) groups excluding carboxylic acids is 14. The number of nitrogens with zero attached hydrogens (tertiary/aromatic N) is 3. The van der Waals surface area contributed by atoms with E-state index in [1.165, 1.54) is 13.8 Å². The molecule has 7 atom stereocenters. The Bertz CT molecular complexity index is 2290. The predicted molar refractivity (Wildman–Crippen MR) is 290 cm³/mol. The van der Waals surface area contributed by atoms with Crippen LogP contribution in [0.3, 0.4) is 0 Å². The van der Waals surface area contributed by atoms with E-state index >= 15 is 0 Å². The van der Waals surface area contributed by atoms with Gasteiger partial charge in [0, 0.05) is 46.8 Å². The van der Waals surface area contributed by atoms with E-state index in [1.54, 1.807) is 12.2 Å². The fraction of sp³-hybridized carbons (Fsp3) is 0.686. The molecule has 1 rings (SSSR count). The summed E-state index contributed by atoms with van der Waals surface area (Å²) in [5, 5.41) is 74.2. The lowest BCUT2D eigenvalue weighted by molar-refractivity contribution is -0.163. The second-order valence-electron chi connectivity index (χ2n) is 19.9. The van der Waals surface area contributed by atoms with Crippen LogP contribution in [0.2, 0.25) is 0 Å². The van der Waals surface area contributed by atoms with E-state index in [2.05, 4.69) is 60.1 Å². The molecule has 0 aromatic carbocycles. The smallest absolute Gasteiger partial charge is 0.325 e. The molecule has 33 heteroatoms. The number of carbonyl (C=O) groups is 14. The summed E-state index contributed by atoms with van der Waals surface area (Å²) in [5.74, 6) is -14.8. The van der Waals surface area contributed by atoms with Gasteiger partial charge in [-0.05, 0) is 57.3 Å². The van der Waals surface area contributed by atoms with Crippen LogP contribution < -0.4 is 53.2 Å². The molecule has 15 N–H and O–H groups in total. The van der Waals surface area contributed by atoms with Crippen LogP contribution in [-0.4, -0.2) is 225 Å². The molecule has 0 aromatic heterocycles. The predicted octanol–water partition coefficient (Wildman–Crippen LogP) is -5.10. The van der Waals surface area contributed by atoms with Crippen molar-refractivity contribution in [1.29, 1.82) is 0 Å². The van der Waals surface area contributed by atoms with Gasteiger partial charge in [0.05, 0.1) is 26.3 Å². The third-order valence-electron chi connectivity index (χ3n) is 12.5. The average molecular weight is 1200 g/mol. The van der Waals surface area contributed by atoms with Crippen LogP contribution in [0.25, 0.3) is 0 Å². The second-order valence-corrected chi connectivity index (χ2v) is 19.9. The van der Waals surface area contributed by atoms with Crippen molar-refractivity contribution in [3.05, 3.63) is 12.2 Å². The number of aliphatic hydroxyl groups excluding tert-OH is 2. The fourth-order valence-corrected chi connectivity index (χ4v) is 7.61. The number of hydrogen-bond donors (Lipinski definition) is 15.